The highest BCUT2D eigenvalue weighted by Gasteiger charge is 2.19. The van der Waals surface area contributed by atoms with Crippen LogP contribution in [0.2, 0.25) is 0 Å². The van der Waals surface area contributed by atoms with E-state index in [-0.39, 0.29) is 25.0 Å². The molecule has 1 amide bonds. The van der Waals surface area contributed by atoms with Crippen molar-refractivity contribution in [2.45, 2.75) is 26.3 Å². The summed E-state index contributed by atoms with van der Waals surface area (Å²) in [5.41, 5.74) is 0.646. The third-order valence-corrected chi connectivity index (χ3v) is 5.12. The Balaban J connectivity index is 2.52. The fourth-order valence-electron chi connectivity index (χ4n) is 2.54. The van der Waals surface area contributed by atoms with Crippen LogP contribution in [0.4, 0.5) is 5.69 Å². The predicted molar refractivity (Wildman–Crippen MR) is 101 cm³/mol. The van der Waals surface area contributed by atoms with Crippen LogP contribution in [0, 0.1) is 0 Å². The number of anilines is 1. The van der Waals surface area contributed by atoms with Crippen molar-refractivity contribution in [3.8, 4) is 0 Å². The van der Waals surface area contributed by atoms with E-state index < -0.39 is 16.0 Å². The van der Waals surface area contributed by atoms with Crippen molar-refractivity contribution in [2.75, 3.05) is 37.3 Å². The van der Waals surface area contributed by atoms with Gasteiger partial charge in [-0.15, -0.1) is 0 Å². The Kier molecular flexibility index (Phi) is 8.53. The molecule has 2 N–H and O–H groups in total. The van der Waals surface area contributed by atoms with Crippen molar-refractivity contribution in [2.24, 2.45) is 0 Å². The molecule has 0 saturated heterocycles. The molecule has 9 heteroatoms. The molecule has 8 nitrogen and oxygen atoms in total. The summed E-state index contributed by atoms with van der Waals surface area (Å²) >= 11 is 0. The molecule has 1 rings (SSSR count). The van der Waals surface area contributed by atoms with Crippen molar-refractivity contribution >= 4 is 27.6 Å². The molecule has 0 heterocycles. The highest BCUT2D eigenvalue weighted by Crippen LogP contribution is 2.12. The molecule has 0 unspecified atom stereocenters. The number of nitrogens with zero attached hydrogens (tertiary/aromatic N) is 2. The first-order chi connectivity index (χ1) is 12.1. The van der Waals surface area contributed by atoms with Gasteiger partial charge >= 0.3 is 5.97 Å². The summed E-state index contributed by atoms with van der Waals surface area (Å²) in [6.45, 7) is 3.84. The number of para-hydroxylation sites is 1. The molecular formula is C17H27N3O5S. The van der Waals surface area contributed by atoms with Crippen LogP contribution in [0.1, 0.15) is 20.3 Å². The Labute approximate surface area is 154 Å². The lowest BCUT2D eigenvalue weighted by Crippen LogP contribution is -2.41. The highest BCUT2D eigenvalue weighted by atomic mass is 32.2. The summed E-state index contributed by atoms with van der Waals surface area (Å²) in [4.78, 5) is 24.6. The van der Waals surface area contributed by atoms with Crippen LogP contribution in [-0.2, 0) is 19.6 Å². The van der Waals surface area contributed by atoms with Crippen LogP contribution in [0.5, 0.6) is 0 Å². The first kappa shape index (κ1) is 21.9. The number of nitrogens with one attached hydrogen (secondary N) is 1. The van der Waals surface area contributed by atoms with Crippen molar-refractivity contribution in [1.82, 2.24) is 9.62 Å². The predicted octanol–water partition coefficient (Wildman–Crippen LogP) is 0.754. The van der Waals surface area contributed by atoms with Gasteiger partial charge in [0, 0.05) is 24.8 Å². The lowest BCUT2D eigenvalue weighted by molar-refractivity contribution is -0.135. The Morgan fingerprint density at radius 1 is 1.15 bits per heavy atom. The third kappa shape index (κ3) is 7.83. The van der Waals surface area contributed by atoms with E-state index in [4.69, 9.17) is 5.11 Å². The number of carbonyl (C=O) groups is 2. The highest BCUT2D eigenvalue weighted by molar-refractivity contribution is 7.88. The van der Waals surface area contributed by atoms with Gasteiger partial charge in [-0.2, -0.15) is 4.31 Å². The Morgan fingerprint density at radius 3 is 2.27 bits per heavy atom. The van der Waals surface area contributed by atoms with Crippen LogP contribution < -0.4 is 10.2 Å². The largest absolute Gasteiger partial charge is 0.480 e. The van der Waals surface area contributed by atoms with E-state index in [0.717, 1.165) is 6.26 Å². The number of carboxylic acid groups (broad SMARTS) is 1. The number of carboxylic acids is 1. The topological polar surface area (TPSA) is 107 Å². The summed E-state index contributed by atoms with van der Waals surface area (Å²) in [6, 6.07) is 8.68. The Hall–Kier alpha value is -2.13. The van der Waals surface area contributed by atoms with Crippen LogP contribution in [0.3, 0.4) is 0 Å². The van der Waals surface area contributed by atoms with E-state index in [1.165, 1.54) is 9.21 Å². The summed E-state index contributed by atoms with van der Waals surface area (Å²) in [7, 11) is -3.29. The minimum absolute atomic E-state index is 0.0870. The second-order valence-corrected chi connectivity index (χ2v) is 8.19. The van der Waals surface area contributed by atoms with Crippen molar-refractivity contribution in [3.63, 3.8) is 0 Å². The number of hydrogen-bond donors (Lipinski definition) is 2. The standard InChI is InChI=1S/C17H27N3O5S/c1-14(2)20(26(3,24)25)11-7-10-18-16(21)12-19(13-17(22)23)15-8-5-4-6-9-15/h4-6,8-9,14H,7,10-13H2,1-3H3,(H,18,21)(H,22,23). The molecule has 146 valence electrons. The number of benzene rings is 1. The maximum Gasteiger partial charge on any atom is 0.323 e. The molecule has 0 bridgehead atoms. The summed E-state index contributed by atoms with van der Waals surface area (Å²) in [5.74, 6) is -1.34. The molecule has 0 aliphatic heterocycles. The van der Waals surface area contributed by atoms with E-state index in [2.05, 4.69) is 5.32 Å². The van der Waals surface area contributed by atoms with Gasteiger partial charge in [-0.1, -0.05) is 18.2 Å². The van der Waals surface area contributed by atoms with Gasteiger partial charge in [0.1, 0.15) is 6.54 Å². The van der Waals surface area contributed by atoms with Gasteiger partial charge in [-0.3, -0.25) is 9.59 Å². The zero-order valence-corrected chi connectivity index (χ0v) is 16.2. The number of aliphatic carboxylic acids is 1. The molecule has 1 aromatic carbocycles. The van der Waals surface area contributed by atoms with Crippen molar-refractivity contribution in [3.05, 3.63) is 30.3 Å². The first-order valence-electron chi connectivity index (χ1n) is 8.36. The summed E-state index contributed by atoms with van der Waals surface area (Å²) < 4.78 is 24.7. The molecule has 0 aliphatic rings. The van der Waals surface area contributed by atoms with E-state index in [0.29, 0.717) is 25.2 Å². The Morgan fingerprint density at radius 2 is 1.77 bits per heavy atom. The minimum atomic E-state index is -3.29. The van der Waals surface area contributed by atoms with Crippen LogP contribution in [0.15, 0.2) is 30.3 Å². The summed E-state index contributed by atoms with van der Waals surface area (Å²) in [6.07, 6.45) is 1.64. The fraction of sp³-hybridized carbons (Fsp3) is 0.529. The van der Waals surface area contributed by atoms with Crippen LogP contribution >= 0.6 is 0 Å². The van der Waals surface area contributed by atoms with Gasteiger partial charge in [0.2, 0.25) is 15.9 Å². The van der Waals surface area contributed by atoms with Crippen LogP contribution in [-0.4, -0.2) is 68.2 Å². The zero-order valence-electron chi connectivity index (χ0n) is 15.4. The van der Waals surface area contributed by atoms with Crippen LogP contribution in [0.25, 0.3) is 0 Å². The molecule has 0 saturated carbocycles. The average molecular weight is 385 g/mol. The molecule has 0 atom stereocenters. The van der Waals surface area contributed by atoms with E-state index in [1.807, 2.05) is 6.07 Å². The number of rotatable bonds is 11. The van der Waals surface area contributed by atoms with Gasteiger partial charge in [-0.05, 0) is 32.4 Å². The molecule has 0 radical (unpaired) electrons. The normalized spacial score (nSPS) is 11.6. The SMILES string of the molecule is CC(C)N(CCCNC(=O)CN(CC(=O)O)c1ccccc1)S(C)(=O)=O. The fourth-order valence-corrected chi connectivity index (χ4v) is 3.77. The zero-order chi connectivity index (χ0) is 19.7. The monoisotopic (exact) mass is 385 g/mol. The van der Waals surface area contributed by atoms with Gasteiger partial charge in [0.25, 0.3) is 0 Å². The second kappa shape index (κ2) is 10.1. The molecule has 26 heavy (non-hydrogen) atoms. The number of sulfonamides is 1. The second-order valence-electron chi connectivity index (χ2n) is 6.26. The third-order valence-electron chi connectivity index (χ3n) is 3.66. The average Bonchev–Trinajstić information content (AvgIpc) is 2.52. The first-order valence-corrected chi connectivity index (χ1v) is 10.2. The molecule has 0 aromatic heterocycles. The Bertz CT molecular complexity index is 692. The van der Waals surface area contributed by atoms with Crippen molar-refractivity contribution in [1.29, 1.82) is 0 Å². The van der Waals surface area contributed by atoms with E-state index >= 15 is 0 Å². The maximum atomic E-state index is 12.1. The van der Waals surface area contributed by atoms with Gasteiger partial charge < -0.3 is 15.3 Å². The lowest BCUT2D eigenvalue weighted by Gasteiger charge is -2.24. The molecular weight excluding hydrogens is 358 g/mol. The van der Waals surface area contributed by atoms with E-state index in [1.54, 1.807) is 38.1 Å². The molecule has 0 aliphatic carbocycles. The van der Waals surface area contributed by atoms with Gasteiger partial charge in [0.15, 0.2) is 0 Å². The number of amides is 1. The van der Waals surface area contributed by atoms with Crippen molar-refractivity contribution < 1.29 is 23.1 Å². The number of carbonyl (C=O) groups excluding carboxylic acids is 1. The molecule has 0 spiro atoms. The van der Waals surface area contributed by atoms with Gasteiger partial charge in [-0.25, -0.2) is 8.42 Å². The van der Waals surface area contributed by atoms with Gasteiger partial charge in [0.05, 0.1) is 12.8 Å². The smallest absolute Gasteiger partial charge is 0.323 e. The summed E-state index contributed by atoms with van der Waals surface area (Å²) in [5, 5.41) is 11.7. The number of hydrogen-bond acceptors (Lipinski definition) is 5. The quantitative estimate of drug-likeness (QED) is 0.545. The molecule has 1 aromatic rings. The maximum absolute atomic E-state index is 12.1. The molecule has 0 fully saturated rings. The van der Waals surface area contributed by atoms with E-state index in [9.17, 15) is 18.0 Å². The minimum Gasteiger partial charge on any atom is -0.480 e. The lowest BCUT2D eigenvalue weighted by atomic mass is 10.2.